The zero-order valence-corrected chi connectivity index (χ0v) is 30.9. The molecule has 0 aromatic carbocycles. The quantitative estimate of drug-likeness (QED) is 0.0989. The molecule has 16 atom stereocenters. The summed E-state index contributed by atoms with van der Waals surface area (Å²) in [6, 6.07) is 0. The van der Waals surface area contributed by atoms with Crippen molar-refractivity contribution in [2.75, 3.05) is 0 Å². The van der Waals surface area contributed by atoms with E-state index < -0.39 is 0 Å². The van der Waals surface area contributed by atoms with Crippen molar-refractivity contribution in [3.63, 3.8) is 0 Å². The van der Waals surface area contributed by atoms with Crippen LogP contribution in [0.1, 0.15) is 96.3 Å². The van der Waals surface area contributed by atoms with Crippen LogP contribution in [0.3, 0.4) is 0 Å². The molecule has 9 rings (SSSR count). The number of fused-ring (bicyclic) bond motifs is 20. The summed E-state index contributed by atoms with van der Waals surface area (Å²) < 4.78 is 0. The van der Waals surface area contributed by atoms with Crippen LogP contribution in [0.5, 0.6) is 0 Å². The topological polar surface area (TPSA) is 306 Å². The van der Waals surface area contributed by atoms with Gasteiger partial charge in [0.25, 0.3) is 0 Å². The Kier molecular flexibility index (Phi) is 17.9. The van der Waals surface area contributed by atoms with Gasteiger partial charge in [-0.2, -0.15) is 6.42 Å². The summed E-state index contributed by atoms with van der Waals surface area (Å²) in [6.07, 6.45) is 26.4. The van der Waals surface area contributed by atoms with Crippen molar-refractivity contribution in [2.45, 2.75) is 146 Å². The van der Waals surface area contributed by atoms with Crippen molar-refractivity contribution in [1.82, 2.24) is 42.5 Å². The molecule has 0 aromatic heterocycles. The summed E-state index contributed by atoms with van der Waals surface area (Å²) in [7, 11) is 0. The van der Waals surface area contributed by atoms with E-state index in [0.29, 0.717) is 61.2 Å². The molecule has 0 spiro atoms. The summed E-state index contributed by atoms with van der Waals surface area (Å²) in [5, 5.41) is 69.7. The second-order valence-corrected chi connectivity index (χ2v) is 15.7. The van der Waals surface area contributed by atoms with E-state index in [-0.39, 0.29) is 16.8 Å². The second-order valence-electron chi connectivity index (χ2n) is 15.7. The molecule has 8 bridgehead atoms. The molecule has 16 unspecified atom stereocenters. The molecule has 0 amide bonds. The van der Waals surface area contributed by atoms with Crippen LogP contribution in [0.15, 0.2) is 21.4 Å². The predicted octanol–water partition coefficient (Wildman–Crippen LogP) is 3.42. The monoisotopic (exact) mass is 794 g/mol. The van der Waals surface area contributed by atoms with Crippen molar-refractivity contribution in [2.24, 2.45) is 68.7 Å². The van der Waals surface area contributed by atoms with Crippen LogP contribution in [0.4, 0.5) is 0 Å². The number of hydrogen-bond donors (Lipinski definition) is 8. The molecule has 53 heavy (non-hydrogen) atoms. The largest absolute Gasteiger partial charge is 0.444 e. The average molecular weight is 795 g/mol. The molecular weight excluding hydrogens is 739 g/mol. The third-order valence-electron chi connectivity index (χ3n) is 13.6. The number of hydrogen-bond acceptors (Lipinski definition) is 20. The molecule has 0 aromatic rings. The Morgan fingerprint density at radius 3 is 0.830 bits per heavy atom. The Hall–Kier alpha value is -2.21. The number of rotatable bonds is 0. The minimum absolute atomic E-state index is 0. The van der Waals surface area contributed by atoms with Crippen molar-refractivity contribution in [1.29, 1.82) is 0 Å². The maximum absolute atomic E-state index is 8.00. The minimum atomic E-state index is 0. The van der Waals surface area contributed by atoms with Crippen molar-refractivity contribution in [3.05, 3.63) is 46.9 Å². The fraction of sp³-hybridized carbons (Fsp3) is 0.969. The fourth-order valence-electron chi connectivity index (χ4n) is 11.7. The van der Waals surface area contributed by atoms with E-state index in [4.69, 9.17) is 40.5 Å². The molecule has 5 saturated heterocycles. The zero-order valence-electron chi connectivity index (χ0n) is 29.8. The Balaban J connectivity index is 0.000000431. The van der Waals surface area contributed by atoms with E-state index in [1.54, 1.807) is 0 Å². The maximum atomic E-state index is 8.00. The van der Waals surface area contributed by atoms with E-state index in [9.17, 15) is 0 Å². The molecule has 9 aliphatic rings. The van der Waals surface area contributed by atoms with Gasteiger partial charge in [-0.15, -0.1) is 27.3 Å². The van der Waals surface area contributed by atoms with Crippen LogP contribution in [0, 0.1) is 94.2 Å². The van der Waals surface area contributed by atoms with Crippen LogP contribution in [-0.4, -0.2) is 49.3 Å². The number of nitrogens with one attached hydrogen (secondary N) is 8. The normalized spacial score (nSPS) is 44.4. The van der Waals surface area contributed by atoms with Gasteiger partial charge in [-0.05, 0) is 80.0 Å². The first-order chi connectivity index (χ1) is 25.5. The van der Waals surface area contributed by atoms with Gasteiger partial charge in [-0.3, -0.25) is 42.5 Å². The number of nitrogens with zero attached hydrogens (tertiary/aromatic N) is 4. The molecule has 4 saturated carbocycles. The first-order valence-electron chi connectivity index (χ1n) is 19.2. The van der Waals surface area contributed by atoms with E-state index in [1.165, 1.54) is 96.3 Å². The Labute approximate surface area is 320 Å². The SMILES string of the molecule is O=N[O-].O=N[O-].O=N[O-].O=N[O-].[CH-]1CCCC2C3NC(NC4NC(NC5NC(NC6NC(N3)C3CCCCC63)C3CCCCC53)C3CCCCC43)C12.[Co]. The van der Waals surface area contributed by atoms with Crippen molar-refractivity contribution in [3.8, 4) is 0 Å². The summed E-state index contributed by atoms with van der Waals surface area (Å²) in [4.78, 5) is 32.0. The first kappa shape index (κ1) is 43.5. The van der Waals surface area contributed by atoms with Crippen LogP contribution in [-0.2, 0) is 16.8 Å². The summed E-state index contributed by atoms with van der Waals surface area (Å²) in [5.74, 6) is 5.74. The third-order valence-corrected chi connectivity index (χ3v) is 13.6. The van der Waals surface area contributed by atoms with Gasteiger partial charge in [-0.1, -0.05) is 51.4 Å². The van der Waals surface area contributed by atoms with Gasteiger partial charge < -0.3 is 46.9 Å². The van der Waals surface area contributed by atoms with Crippen LogP contribution < -0.4 is 42.5 Å². The predicted molar refractivity (Wildman–Crippen MR) is 194 cm³/mol. The van der Waals surface area contributed by atoms with E-state index in [2.05, 4.69) is 49.0 Å². The Bertz CT molecular complexity index is 910. The third kappa shape index (κ3) is 10.2. The molecular formula is C32H55CoN12O8-5. The van der Waals surface area contributed by atoms with E-state index in [0.717, 1.165) is 56.9 Å². The fourth-order valence-corrected chi connectivity index (χ4v) is 11.7. The molecule has 1 radical (unpaired) electrons. The average Bonchev–Trinajstić information content (AvgIpc) is 3.89. The molecule has 5 aliphatic heterocycles. The minimum Gasteiger partial charge on any atom is -0.444 e. The van der Waals surface area contributed by atoms with Gasteiger partial charge in [0.15, 0.2) is 0 Å². The summed E-state index contributed by atoms with van der Waals surface area (Å²) >= 11 is 0. The molecule has 305 valence electrons. The van der Waals surface area contributed by atoms with E-state index in [1.807, 2.05) is 0 Å². The first-order valence-corrected chi connectivity index (χ1v) is 19.2. The Morgan fingerprint density at radius 2 is 0.566 bits per heavy atom. The van der Waals surface area contributed by atoms with Gasteiger partial charge in [0.1, 0.15) is 0 Å². The molecule has 4 aliphatic carbocycles. The summed E-state index contributed by atoms with van der Waals surface area (Å²) in [6.45, 7) is 0. The molecule has 9 fully saturated rings. The second kappa shape index (κ2) is 21.8. The van der Waals surface area contributed by atoms with Gasteiger partial charge >= 0.3 is 0 Å². The van der Waals surface area contributed by atoms with Crippen molar-refractivity contribution < 1.29 is 16.8 Å². The van der Waals surface area contributed by atoms with Crippen LogP contribution in [0.25, 0.3) is 0 Å². The van der Waals surface area contributed by atoms with Gasteiger partial charge in [0.2, 0.25) is 0 Å². The standard InChI is InChI=1S/C32H55N8.Co.4HNO2/c1-2-10-18-17(9-1)25-33-26(18)38-28-21-13-5-6-14-22(21)30(35-28)40-32-24-16-8-7-15-23(24)31(36-32)39-29-20-12-4-3-11-19(20)27(34-29)37-25;;4*2-1-3/h9,17-40H,1-8,10-16H2;;4*(H,2,3)/q-1;;;;;/p-4. The van der Waals surface area contributed by atoms with Gasteiger partial charge in [0, 0.05) is 22.9 Å². The molecule has 8 N–H and O–H groups in total. The Morgan fingerprint density at radius 1 is 0.358 bits per heavy atom. The van der Waals surface area contributed by atoms with Crippen LogP contribution >= 0.6 is 0 Å². The molecule has 5 heterocycles. The smallest absolute Gasteiger partial charge is 0.0628 e. The molecule has 21 heteroatoms. The van der Waals surface area contributed by atoms with E-state index >= 15 is 0 Å². The van der Waals surface area contributed by atoms with Crippen molar-refractivity contribution >= 4 is 0 Å². The maximum Gasteiger partial charge on any atom is 0.0628 e. The zero-order chi connectivity index (χ0) is 37.0. The van der Waals surface area contributed by atoms with Gasteiger partial charge in [-0.25, -0.2) is 0 Å². The molecule has 20 nitrogen and oxygen atoms in total. The van der Waals surface area contributed by atoms with Gasteiger partial charge in [0.05, 0.1) is 43.2 Å². The summed E-state index contributed by atoms with van der Waals surface area (Å²) in [5.41, 5.74) is 0. The van der Waals surface area contributed by atoms with Crippen LogP contribution in [0.2, 0.25) is 0 Å².